The van der Waals surface area contributed by atoms with Gasteiger partial charge in [0.25, 0.3) is 5.69 Å². The van der Waals surface area contributed by atoms with Crippen molar-refractivity contribution in [3.63, 3.8) is 0 Å². The van der Waals surface area contributed by atoms with Crippen LogP contribution in [0.5, 0.6) is 0 Å². The van der Waals surface area contributed by atoms with Crippen LogP contribution in [-0.2, 0) is 4.74 Å². The first-order valence-corrected chi connectivity index (χ1v) is 4.82. The van der Waals surface area contributed by atoms with Crippen molar-refractivity contribution < 1.29 is 14.5 Å². The van der Waals surface area contributed by atoms with Crippen molar-refractivity contribution >= 4 is 34.3 Å². The number of nitrogens with zero attached hydrogens (tertiary/aromatic N) is 2. The normalized spacial score (nSPS) is 10.5. The van der Waals surface area contributed by atoms with Crippen molar-refractivity contribution in [2.75, 3.05) is 7.11 Å². The number of esters is 1. The Morgan fingerprint density at radius 1 is 1.59 bits per heavy atom. The van der Waals surface area contributed by atoms with Gasteiger partial charge in [0.2, 0.25) is 5.82 Å². The van der Waals surface area contributed by atoms with Crippen molar-refractivity contribution in [2.24, 2.45) is 0 Å². The first kappa shape index (κ1) is 11.3. The summed E-state index contributed by atoms with van der Waals surface area (Å²) in [5.74, 6) is -0.681. The number of nitro benzene ring substituents is 1. The van der Waals surface area contributed by atoms with E-state index < -0.39 is 10.9 Å². The molecule has 0 amide bonds. The van der Waals surface area contributed by atoms with Crippen LogP contribution in [0.2, 0.25) is 5.02 Å². The Balaban J connectivity index is 2.62. The molecule has 88 valence electrons. The van der Waals surface area contributed by atoms with Crippen LogP contribution in [0, 0.1) is 10.1 Å². The van der Waals surface area contributed by atoms with Gasteiger partial charge in [-0.2, -0.15) is 0 Å². The number of rotatable bonds is 2. The molecule has 0 spiro atoms. The molecule has 0 atom stereocenters. The van der Waals surface area contributed by atoms with Crippen molar-refractivity contribution in [3.8, 4) is 0 Å². The van der Waals surface area contributed by atoms with E-state index in [2.05, 4.69) is 14.7 Å². The Morgan fingerprint density at radius 2 is 2.29 bits per heavy atom. The van der Waals surface area contributed by atoms with Crippen LogP contribution in [0.1, 0.15) is 10.6 Å². The predicted molar refractivity (Wildman–Crippen MR) is 59.1 cm³/mol. The van der Waals surface area contributed by atoms with Gasteiger partial charge in [-0.3, -0.25) is 10.1 Å². The van der Waals surface area contributed by atoms with Gasteiger partial charge in [0, 0.05) is 6.07 Å². The number of H-pyrrole nitrogens is 1. The summed E-state index contributed by atoms with van der Waals surface area (Å²) < 4.78 is 4.47. The second kappa shape index (κ2) is 4.02. The summed E-state index contributed by atoms with van der Waals surface area (Å²) in [5.41, 5.74) is 0.460. The fourth-order valence-corrected chi connectivity index (χ4v) is 1.58. The van der Waals surface area contributed by atoms with Gasteiger partial charge in [0.15, 0.2) is 0 Å². The van der Waals surface area contributed by atoms with Gasteiger partial charge in [-0.25, -0.2) is 9.78 Å². The van der Waals surface area contributed by atoms with E-state index in [4.69, 9.17) is 11.6 Å². The maximum atomic E-state index is 11.2. The molecule has 0 saturated heterocycles. The predicted octanol–water partition coefficient (Wildman–Crippen LogP) is 1.91. The molecule has 2 aromatic rings. The molecule has 0 aliphatic carbocycles. The van der Waals surface area contributed by atoms with Crippen molar-refractivity contribution in [3.05, 3.63) is 33.1 Å². The number of nitro groups is 1. The van der Waals surface area contributed by atoms with Crippen LogP contribution in [0.15, 0.2) is 12.1 Å². The molecule has 0 aliphatic heterocycles. The molecule has 0 fully saturated rings. The number of ether oxygens (including phenoxy) is 1. The third-order valence-electron chi connectivity index (χ3n) is 2.13. The average molecular weight is 256 g/mol. The summed E-state index contributed by atoms with van der Waals surface area (Å²) in [7, 11) is 1.21. The van der Waals surface area contributed by atoms with Crippen LogP contribution in [-0.4, -0.2) is 28.0 Å². The van der Waals surface area contributed by atoms with E-state index in [0.29, 0.717) is 11.0 Å². The van der Waals surface area contributed by atoms with Gasteiger partial charge in [0.1, 0.15) is 5.02 Å². The first-order chi connectivity index (χ1) is 8.02. The molecule has 0 saturated carbocycles. The van der Waals surface area contributed by atoms with Crippen LogP contribution in [0.3, 0.4) is 0 Å². The lowest BCUT2D eigenvalue weighted by Gasteiger charge is -1.93. The summed E-state index contributed by atoms with van der Waals surface area (Å²) in [4.78, 5) is 27.8. The van der Waals surface area contributed by atoms with Gasteiger partial charge in [-0.05, 0) is 6.07 Å². The molecular weight excluding hydrogens is 250 g/mol. The van der Waals surface area contributed by atoms with E-state index in [1.807, 2.05) is 0 Å². The number of hydrogen-bond donors (Lipinski definition) is 1. The highest BCUT2D eigenvalue weighted by Gasteiger charge is 2.18. The zero-order chi connectivity index (χ0) is 12.6. The number of carbonyl (C=O) groups is 1. The van der Waals surface area contributed by atoms with Gasteiger partial charge >= 0.3 is 5.97 Å². The highest BCUT2D eigenvalue weighted by molar-refractivity contribution is 6.33. The van der Waals surface area contributed by atoms with E-state index in [-0.39, 0.29) is 16.5 Å². The van der Waals surface area contributed by atoms with Gasteiger partial charge in [-0.15, -0.1) is 0 Å². The minimum absolute atomic E-state index is 0.0286. The number of carbonyl (C=O) groups excluding carboxylic acids is 1. The fourth-order valence-electron chi connectivity index (χ4n) is 1.35. The van der Waals surface area contributed by atoms with E-state index in [0.717, 1.165) is 0 Å². The lowest BCUT2D eigenvalue weighted by atomic mass is 10.3. The Hall–Kier alpha value is -2.15. The van der Waals surface area contributed by atoms with Gasteiger partial charge < -0.3 is 9.72 Å². The zero-order valence-corrected chi connectivity index (χ0v) is 9.32. The molecule has 7 nitrogen and oxygen atoms in total. The number of methoxy groups -OCH3 is 1. The standard InChI is InChI=1S/C9H6ClN3O4/c1-17-9(14)8-11-5-2-4(10)7(13(15)16)3-6(5)12-8/h2-3H,1H3,(H,11,12). The molecule has 1 aromatic carbocycles. The number of nitrogens with one attached hydrogen (secondary N) is 1. The summed E-state index contributed by atoms with van der Waals surface area (Å²) >= 11 is 5.71. The van der Waals surface area contributed by atoms with Crippen molar-refractivity contribution in [1.82, 2.24) is 9.97 Å². The highest BCUT2D eigenvalue weighted by Crippen LogP contribution is 2.28. The first-order valence-electron chi connectivity index (χ1n) is 4.45. The monoisotopic (exact) mass is 255 g/mol. The maximum Gasteiger partial charge on any atom is 0.374 e. The van der Waals surface area contributed by atoms with Crippen LogP contribution in [0.25, 0.3) is 11.0 Å². The Morgan fingerprint density at radius 3 is 2.88 bits per heavy atom. The Bertz CT molecular complexity index is 622. The molecular formula is C9H6ClN3O4. The van der Waals surface area contributed by atoms with E-state index in [9.17, 15) is 14.9 Å². The minimum atomic E-state index is -0.653. The lowest BCUT2D eigenvalue weighted by Crippen LogP contribution is -2.02. The number of aromatic amines is 1. The quantitative estimate of drug-likeness (QED) is 0.502. The smallest absolute Gasteiger partial charge is 0.374 e. The third kappa shape index (κ3) is 1.92. The summed E-state index contributed by atoms with van der Waals surface area (Å²) in [6.45, 7) is 0. The van der Waals surface area contributed by atoms with E-state index in [1.54, 1.807) is 0 Å². The van der Waals surface area contributed by atoms with Crippen molar-refractivity contribution in [1.29, 1.82) is 0 Å². The molecule has 0 bridgehead atoms. The topological polar surface area (TPSA) is 98.1 Å². The highest BCUT2D eigenvalue weighted by atomic mass is 35.5. The molecule has 0 unspecified atom stereocenters. The summed E-state index contributed by atoms with van der Waals surface area (Å²) in [6.07, 6.45) is 0. The molecule has 2 rings (SSSR count). The number of hydrogen-bond acceptors (Lipinski definition) is 5. The Labute approximate surface area is 99.5 Å². The summed E-state index contributed by atoms with van der Waals surface area (Å²) in [5, 5.41) is 10.6. The maximum absolute atomic E-state index is 11.2. The van der Waals surface area contributed by atoms with Crippen molar-refractivity contribution in [2.45, 2.75) is 0 Å². The molecule has 17 heavy (non-hydrogen) atoms. The van der Waals surface area contributed by atoms with E-state index >= 15 is 0 Å². The second-order valence-corrected chi connectivity index (χ2v) is 3.56. The molecule has 1 aromatic heterocycles. The zero-order valence-electron chi connectivity index (χ0n) is 8.56. The molecule has 0 radical (unpaired) electrons. The molecule has 1 heterocycles. The number of halogens is 1. The van der Waals surface area contributed by atoms with Gasteiger partial charge in [-0.1, -0.05) is 11.6 Å². The average Bonchev–Trinajstić information content (AvgIpc) is 2.69. The largest absolute Gasteiger partial charge is 0.463 e. The summed E-state index contributed by atoms with van der Waals surface area (Å²) in [6, 6.07) is 2.54. The Kier molecular flexibility index (Phi) is 2.68. The van der Waals surface area contributed by atoms with Crippen LogP contribution < -0.4 is 0 Å². The number of fused-ring (bicyclic) bond motifs is 1. The van der Waals surface area contributed by atoms with Gasteiger partial charge in [0.05, 0.1) is 23.1 Å². The minimum Gasteiger partial charge on any atom is -0.463 e. The lowest BCUT2D eigenvalue weighted by molar-refractivity contribution is -0.384. The van der Waals surface area contributed by atoms with E-state index in [1.165, 1.54) is 19.2 Å². The second-order valence-electron chi connectivity index (χ2n) is 3.15. The molecule has 0 aliphatic rings. The van der Waals surface area contributed by atoms with Crippen LogP contribution in [0.4, 0.5) is 5.69 Å². The molecule has 1 N–H and O–H groups in total. The van der Waals surface area contributed by atoms with Crippen LogP contribution >= 0.6 is 11.6 Å². The number of aromatic nitrogens is 2. The SMILES string of the molecule is COC(=O)c1nc2cc(Cl)c([N+](=O)[O-])cc2[nH]1. The number of benzene rings is 1. The third-order valence-corrected chi connectivity index (χ3v) is 2.43. The molecule has 8 heteroatoms. The number of imidazole rings is 1. The fraction of sp³-hybridized carbons (Fsp3) is 0.111.